The number of fused-ring (bicyclic) bond motifs is 1. The number of nitrogens with zero attached hydrogens (tertiary/aromatic N) is 1. The van der Waals surface area contributed by atoms with E-state index in [2.05, 4.69) is 13.8 Å². The van der Waals surface area contributed by atoms with Gasteiger partial charge in [-0.15, -0.1) is 0 Å². The van der Waals surface area contributed by atoms with Crippen LogP contribution in [0.25, 0.3) is 0 Å². The van der Waals surface area contributed by atoms with Gasteiger partial charge in [-0.2, -0.15) is 5.26 Å². The second-order valence-electron chi connectivity index (χ2n) is 9.81. The largest absolute Gasteiger partial charge is 0.425 e. The molecule has 1 heterocycles. The smallest absolute Gasteiger partial charge is 0.314 e. The van der Waals surface area contributed by atoms with E-state index in [9.17, 15) is 23.3 Å². The van der Waals surface area contributed by atoms with Crippen molar-refractivity contribution in [2.75, 3.05) is 0 Å². The van der Waals surface area contributed by atoms with Gasteiger partial charge in [-0.3, -0.25) is 9.59 Å². The van der Waals surface area contributed by atoms with E-state index in [1.807, 2.05) is 19.9 Å². The summed E-state index contributed by atoms with van der Waals surface area (Å²) in [4.78, 5) is 26.6. The summed E-state index contributed by atoms with van der Waals surface area (Å²) < 4.78 is 38.7. The second kappa shape index (κ2) is 15.5. The lowest BCUT2D eigenvalue weighted by molar-refractivity contribution is -0.140. The van der Waals surface area contributed by atoms with Crippen LogP contribution in [0.5, 0.6) is 11.5 Å². The number of sulfone groups is 1. The number of unbranched alkanes of at least 4 members (excludes halogenated alkanes) is 2. The van der Waals surface area contributed by atoms with Crippen LogP contribution in [0.4, 0.5) is 0 Å². The zero-order chi connectivity index (χ0) is 30.0. The highest BCUT2D eigenvalue weighted by molar-refractivity contribution is 8.25. The van der Waals surface area contributed by atoms with Crippen molar-refractivity contribution in [3.8, 4) is 17.6 Å². The van der Waals surface area contributed by atoms with E-state index in [1.54, 1.807) is 30.3 Å². The number of thioether (sulfide) groups is 2. The zero-order valence-corrected chi connectivity index (χ0v) is 26.4. The lowest BCUT2D eigenvalue weighted by atomic mass is 10.00. The number of carbonyl (C=O) groups excluding carboxylic acids is 2. The van der Waals surface area contributed by atoms with Crippen molar-refractivity contribution >= 4 is 45.3 Å². The maximum Gasteiger partial charge on any atom is 0.314 e. The summed E-state index contributed by atoms with van der Waals surface area (Å²) in [6.45, 7) is 8.01. The Kier molecular flexibility index (Phi) is 12.4. The normalized spacial score (nSPS) is 14.1. The van der Waals surface area contributed by atoms with Crippen LogP contribution in [0, 0.1) is 23.2 Å². The standard InChI is InChI=1S/C31H37NO6S3/c1-5-9-14-21(7-3)29(33)37-24-18-19-25(38-30(34)22(8-4)15-10-6-2)28-27(24)39-31(40-28)26(20-32)41(35,36)23-16-12-11-13-17-23/h11-13,16-19,21-22H,5-10,14-15H2,1-4H3. The highest BCUT2D eigenvalue weighted by Crippen LogP contribution is 2.59. The van der Waals surface area contributed by atoms with Gasteiger partial charge in [-0.1, -0.05) is 95.1 Å². The number of hydrogen-bond donors (Lipinski definition) is 0. The lowest BCUT2D eigenvalue weighted by Crippen LogP contribution is -2.21. The fourth-order valence-corrected chi connectivity index (χ4v) is 8.74. The van der Waals surface area contributed by atoms with E-state index >= 15 is 0 Å². The maximum atomic E-state index is 13.4. The first-order chi connectivity index (χ1) is 19.7. The molecule has 3 rings (SSSR count). The Balaban J connectivity index is 2.05. The summed E-state index contributed by atoms with van der Waals surface area (Å²) in [5, 5.41) is 9.98. The number of rotatable bonds is 14. The number of hydrogen-bond acceptors (Lipinski definition) is 9. The van der Waals surface area contributed by atoms with Crippen LogP contribution >= 0.6 is 23.5 Å². The number of ether oxygens (including phenoxy) is 2. The van der Waals surface area contributed by atoms with Crippen LogP contribution < -0.4 is 9.47 Å². The van der Waals surface area contributed by atoms with Gasteiger partial charge in [0.15, 0.2) is 4.91 Å². The van der Waals surface area contributed by atoms with Crippen LogP contribution in [0.1, 0.15) is 79.1 Å². The Hall–Kier alpha value is -2.74. The Morgan fingerprint density at radius 2 is 1.27 bits per heavy atom. The summed E-state index contributed by atoms with van der Waals surface area (Å²) in [6, 6.07) is 12.8. The van der Waals surface area contributed by atoms with E-state index in [0.29, 0.717) is 35.5 Å². The van der Waals surface area contributed by atoms with Crippen LogP contribution in [0.2, 0.25) is 0 Å². The van der Waals surface area contributed by atoms with Crippen LogP contribution in [0.3, 0.4) is 0 Å². The van der Waals surface area contributed by atoms with Gasteiger partial charge >= 0.3 is 11.9 Å². The molecule has 41 heavy (non-hydrogen) atoms. The minimum atomic E-state index is -4.12. The molecule has 2 aromatic carbocycles. The molecule has 220 valence electrons. The fourth-order valence-electron chi connectivity index (χ4n) is 4.37. The van der Waals surface area contributed by atoms with Crippen LogP contribution in [0.15, 0.2) is 66.3 Å². The molecule has 0 bridgehead atoms. The van der Waals surface area contributed by atoms with Crippen molar-refractivity contribution in [2.45, 2.75) is 93.7 Å². The Morgan fingerprint density at radius 1 is 0.805 bits per heavy atom. The highest BCUT2D eigenvalue weighted by Gasteiger charge is 2.35. The van der Waals surface area contributed by atoms with Gasteiger partial charge < -0.3 is 9.47 Å². The predicted molar refractivity (Wildman–Crippen MR) is 162 cm³/mol. The average molecular weight is 616 g/mol. The monoisotopic (exact) mass is 615 g/mol. The Labute approximate surface area is 252 Å². The first kappa shape index (κ1) is 32.8. The van der Waals surface area contributed by atoms with E-state index in [4.69, 9.17) is 9.47 Å². The van der Waals surface area contributed by atoms with Gasteiger partial charge in [-0.25, -0.2) is 8.42 Å². The Morgan fingerprint density at radius 3 is 1.66 bits per heavy atom. The highest BCUT2D eigenvalue weighted by atomic mass is 32.2. The molecule has 0 spiro atoms. The van der Waals surface area contributed by atoms with Crippen molar-refractivity contribution in [2.24, 2.45) is 11.8 Å². The zero-order valence-electron chi connectivity index (χ0n) is 24.0. The number of benzene rings is 2. The van der Waals surface area contributed by atoms with Gasteiger partial charge in [0.1, 0.15) is 17.6 Å². The van der Waals surface area contributed by atoms with Crippen LogP contribution in [-0.4, -0.2) is 20.4 Å². The van der Waals surface area contributed by atoms with E-state index in [-0.39, 0.29) is 44.4 Å². The second-order valence-corrected chi connectivity index (χ2v) is 14.0. The maximum absolute atomic E-state index is 13.4. The fraction of sp³-hybridized carbons (Fsp3) is 0.452. The third-order valence-electron chi connectivity index (χ3n) is 6.92. The van der Waals surface area contributed by atoms with E-state index in [0.717, 1.165) is 49.2 Å². The third-order valence-corrected chi connectivity index (χ3v) is 11.5. The number of carbonyl (C=O) groups is 2. The minimum absolute atomic E-state index is 0.00271. The summed E-state index contributed by atoms with van der Waals surface area (Å²) in [5.74, 6) is -0.763. The van der Waals surface area contributed by atoms with Crippen molar-refractivity contribution in [3.63, 3.8) is 0 Å². The van der Waals surface area contributed by atoms with Gasteiger partial charge in [0, 0.05) is 0 Å². The molecule has 10 heteroatoms. The molecule has 7 nitrogen and oxygen atoms in total. The number of nitriles is 1. The molecule has 0 amide bonds. The van der Waals surface area contributed by atoms with Crippen molar-refractivity contribution in [3.05, 3.63) is 51.6 Å². The lowest BCUT2D eigenvalue weighted by Gasteiger charge is -2.17. The van der Waals surface area contributed by atoms with Crippen molar-refractivity contribution < 1.29 is 27.5 Å². The molecule has 2 aromatic rings. The van der Waals surface area contributed by atoms with Gasteiger partial charge in [0.25, 0.3) is 0 Å². The van der Waals surface area contributed by atoms with E-state index in [1.165, 1.54) is 12.1 Å². The first-order valence-corrected chi connectivity index (χ1v) is 17.2. The average Bonchev–Trinajstić information content (AvgIpc) is 3.41. The molecule has 2 atom stereocenters. The summed E-state index contributed by atoms with van der Waals surface area (Å²) in [7, 11) is -4.12. The molecule has 0 aromatic heterocycles. The summed E-state index contributed by atoms with van der Waals surface area (Å²) in [5.41, 5.74) is 0. The number of esters is 2. The molecule has 0 aliphatic carbocycles. The first-order valence-electron chi connectivity index (χ1n) is 14.1. The topological polar surface area (TPSA) is 111 Å². The molecule has 0 N–H and O–H groups in total. The van der Waals surface area contributed by atoms with E-state index < -0.39 is 14.7 Å². The molecule has 1 aliphatic rings. The quantitative estimate of drug-likeness (QED) is 0.118. The van der Waals surface area contributed by atoms with Gasteiger partial charge in [0.2, 0.25) is 9.84 Å². The predicted octanol–water partition coefficient (Wildman–Crippen LogP) is 8.29. The molecular formula is C31H37NO6S3. The minimum Gasteiger partial charge on any atom is -0.425 e. The third kappa shape index (κ3) is 7.97. The molecule has 0 saturated carbocycles. The van der Waals surface area contributed by atoms with Crippen LogP contribution in [-0.2, 0) is 19.4 Å². The van der Waals surface area contributed by atoms with Crippen molar-refractivity contribution in [1.29, 1.82) is 5.26 Å². The Bertz CT molecular complexity index is 1350. The number of allylic oxidation sites excluding steroid dienone is 1. The summed E-state index contributed by atoms with van der Waals surface area (Å²) >= 11 is 2.08. The molecule has 0 radical (unpaired) electrons. The molecule has 0 fully saturated rings. The van der Waals surface area contributed by atoms with Crippen molar-refractivity contribution in [1.82, 2.24) is 0 Å². The molecule has 0 saturated heterocycles. The SMILES string of the molecule is CCCCC(CC)C(=O)Oc1ccc(OC(=O)C(CC)CCCC)c2c1SC(=C(C#N)S(=O)(=O)c1ccccc1)S2. The molecule has 2 unspecified atom stereocenters. The van der Waals surface area contributed by atoms with Gasteiger partial charge in [-0.05, 0) is 49.9 Å². The molecule has 1 aliphatic heterocycles. The molecular weight excluding hydrogens is 579 g/mol. The van der Waals surface area contributed by atoms with Gasteiger partial charge in [0.05, 0.1) is 30.8 Å². The summed E-state index contributed by atoms with van der Waals surface area (Å²) in [6.07, 6.45) is 6.41.